The molecule has 29 heavy (non-hydrogen) atoms. The van der Waals surface area contributed by atoms with Crippen LogP contribution in [0.4, 0.5) is 10.8 Å². The van der Waals surface area contributed by atoms with Crippen molar-refractivity contribution in [1.29, 1.82) is 0 Å². The molecule has 1 amide bonds. The highest BCUT2D eigenvalue weighted by Gasteiger charge is 2.21. The summed E-state index contributed by atoms with van der Waals surface area (Å²) >= 11 is 13.6. The quantitative estimate of drug-likeness (QED) is 0.616. The second kappa shape index (κ2) is 9.03. The first-order valence-electron chi connectivity index (χ1n) is 9.32. The topological polar surface area (TPSA) is 48.5 Å². The first-order chi connectivity index (χ1) is 14.1. The van der Waals surface area contributed by atoms with Gasteiger partial charge in [-0.05, 0) is 35.9 Å². The van der Waals surface area contributed by atoms with Crippen molar-refractivity contribution >= 4 is 51.3 Å². The number of carbonyl (C=O) groups is 1. The second-order valence-electron chi connectivity index (χ2n) is 6.78. The lowest BCUT2D eigenvalue weighted by Crippen LogP contribution is -2.46. The minimum Gasteiger partial charge on any atom is -0.368 e. The molecule has 4 rings (SSSR count). The molecule has 0 bridgehead atoms. The molecular weight excluding hydrogens is 427 g/mol. The van der Waals surface area contributed by atoms with Gasteiger partial charge in [-0.3, -0.25) is 4.79 Å². The molecule has 8 heteroatoms. The molecule has 1 aliphatic heterocycles. The highest BCUT2D eigenvalue weighted by Crippen LogP contribution is 2.25. The van der Waals surface area contributed by atoms with Gasteiger partial charge in [-0.1, -0.05) is 41.4 Å². The van der Waals surface area contributed by atoms with Crippen LogP contribution in [-0.2, 0) is 6.54 Å². The Morgan fingerprint density at radius 1 is 1.00 bits per heavy atom. The smallest absolute Gasteiger partial charge is 0.271 e. The molecule has 5 nitrogen and oxygen atoms in total. The van der Waals surface area contributed by atoms with Gasteiger partial charge in [0.1, 0.15) is 5.69 Å². The standard InChI is InChI=1S/C21H20Cl2N4OS/c22-16-4-1-3-15(11-16)13-24-20(28)19-14-29-21(25-19)27-9-7-26(8-10-27)18-6-2-5-17(23)12-18/h1-6,11-12,14H,7-10,13H2,(H,24,28). The van der Waals surface area contributed by atoms with Crippen LogP contribution in [0.15, 0.2) is 53.9 Å². The number of hydrogen-bond acceptors (Lipinski definition) is 5. The fourth-order valence-electron chi connectivity index (χ4n) is 3.26. The van der Waals surface area contributed by atoms with E-state index < -0.39 is 0 Å². The number of thiazole rings is 1. The van der Waals surface area contributed by atoms with E-state index >= 15 is 0 Å². The number of carbonyl (C=O) groups excluding carboxylic acids is 1. The summed E-state index contributed by atoms with van der Waals surface area (Å²) < 4.78 is 0. The molecule has 1 aromatic heterocycles. The van der Waals surface area contributed by atoms with Gasteiger partial charge < -0.3 is 15.1 Å². The zero-order valence-electron chi connectivity index (χ0n) is 15.6. The predicted molar refractivity (Wildman–Crippen MR) is 121 cm³/mol. The van der Waals surface area contributed by atoms with Crippen LogP contribution in [0.5, 0.6) is 0 Å². The van der Waals surface area contributed by atoms with Crippen LogP contribution in [0.3, 0.4) is 0 Å². The van der Waals surface area contributed by atoms with Crippen LogP contribution in [-0.4, -0.2) is 37.1 Å². The Balaban J connectivity index is 1.32. The minimum absolute atomic E-state index is 0.176. The monoisotopic (exact) mass is 446 g/mol. The van der Waals surface area contributed by atoms with Crippen molar-refractivity contribution in [2.24, 2.45) is 0 Å². The molecule has 0 aliphatic carbocycles. The highest BCUT2D eigenvalue weighted by molar-refractivity contribution is 7.13. The molecule has 3 aromatic rings. The lowest BCUT2D eigenvalue weighted by Gasteiger charge is -2.36. The molecule has 0 spiro atoms. The molecule has 1 fully saturated rings. The lowest BCUT2D eigenvalue weighted by atomic mass is 10.2. The summed E-state index contributed by atoms with van der Waals surface area (Å²) in [6.45, 7) is 3.89. The van der Waals surface area contributed by atoms with Crippen LogP contribution in [0, 0.1) is 0 Å². The molecule has 0 radical (unpaired) electrons. The van der Waals surface area contributed by atoms with Gasteiger partial charge in [-0.2, -0.15) is 0 Å². The van der Waals surface area contributed by atoms with E-state index in [9.17, 15) is 4.79 Å². The molecule has 2 aromatic carbocycles. The molecule has 1 aliphatic rings. The SMILES string of the molecule is O=C(NCc1cccc(Cl)c1)c1csc(N2CCN(c3cccc(Cl)c3)CC2)n1. The predicted octanol–water partition coefficient (Wildman–Crippen LogP) is 4.71. The number of piperazine rings is 1. The van der Waals surface area contributed by atoms with Gasteiger partial charge in [-0.15, -0.1) is 11.3 Å². The van der Waals surface area contributed by atoms with Gasteiger partial charge in [0.15, 0.2) is 5.13 Å². The molecule has 150 valence electrons. The number of rotatable bonds is 5. The molecule has 0 unspecified atom stereocenters. The summed E-state index contributed by atoms with van der Waals surface area (Å²) in [6, 6.07) is 15.4. The Bertz CT molecular complexity index is 1000. The zero-order chi connectivity index (χ0) is 20.2. The summed E-state index contributed by atoms with van der Waals surface area (Å²) in [6.07, 6.45) is 0. The molecule has 2 heterocycles. The second-order valence-corrected chi connectivity index (χ2v) is 8.49. The average Bonchev–Trinajstić information content (AvgIpc) is 3.23. The molecular formula is C21H20Cl2N4OS. The Kier molecular flexibility index (Phi) is 6.23. The first kappa shape index (κ1) is 20.0. The summed E-state index contributed by atoms with van der Waals surface area (Å²) in [4.78, 5) is 21.5. The lowest BCUT2D eigenvalue weighted by molar-refractivity contribution is 0.0946. The van der Waals surface area contributed by atoms with Crippen LogP contribution < -0.4 is 15.1 Å². The van der Waals surface area contributed by atoms with E-state index in [-0.39, 0.29) is 5.91 Å². The van der Waals surface area contributed by atoms with E-state index in [1.54, 1.807) is 0 Å². The highest BCUT2D eigenvalue weighted by atomic mass is 35.5. The number of halogens is 2. The number of aromatic nitrogens is 1. The summed E-state index contributed by atoms with van der Waals surface area (Å²) in [5, 5.41) is 7.00. The van der Waals surface area contributed by atoms with Crippen molar-refractivity contribution in [2.75, 3.05) is 36.0 Å². The van der Waals surface area contributed by atoms with Crippen molar-refractivity contribution in [2.45, 2.75) is 6.54 Å². The molecule has 1 saturated heterocycles. The van der Waals surface area contributed by atoms with Crippen LogP contribution >= 0.6 is 34.5 Å². The van der Waals surface area contributed by atoms with Crippen molar-refractivity contribution in [3.05, 3.63) is 75.2 Å². The number of hydrogen-bond donors (Lipinski definition) is 1. The van der Waals surface area contributed by atoms with E-state index in [2.05, 4.69) is 26.2 Å². The van der Waals surface area contributed by atoms with Crippen molar-refractivity contribution in [1.82, 2.24) is 10.3 Å². The maximum Gasteiger partial charge on any atom is 0.271 e. The van der Waals surface area contributed by atoms with Crippen molar-refractivity contribution in [3.63, 3.8) is 0 Å². The van der Waals surface area contributed by atoms with E-state index in [0.717, 1.165) is 47.6 Å². The summed E-state index contributed by atoms with van der Waals surface area (Å²) in [5.41, 5.74) is 2.54. The number of benzene rings is 2. The molecule has 0 saturated carbocycles. The van der Waals surface area contributed by atoms with Gasteiger partial charge in [-0.25, -0.2) is 4.98 Å². The van der Waals surface area contributed by atoms with Gasteiger partial charge >= 0.3 is 0 Å². The number of anilines is 2. The van der Waals surface area contributed by atoms with E-state index in [4.69, 9.17) is 23.2 Å². The third-order valence-corrected chi connectivity index (χ3v) is 6.16. The van der Waals surface area contributed by atoms with E-state index in [0.29, 0.717) is 17.3 Å². The van der Waals surface area contributed by atoms with E-state index in [1.807, 2.05) is 47.8 Å². The number of nitrogens with one attached hydrogen (secondary N) is 1. The van der Waals surface area contributed by atoms with E-state index in [1.165, 1.54) is 11.3 Å². The number of nitrogens with zero attached hydrogens (tertiary/aromatic N) is 3. The summed E-state index contributed by atoms with van der Waals surface area (Å²) in [5.74, 6) is -0.176. The maximum absolute atomic E-state index is 12.4. The average molecular weight is 447 g/mol. The molecule has 0 atom stereocenters. The Morgan fingerprint density at radius 2 is 1.69 bits per heavy atom. The van der Waals surface area contributed by atoms with Crippen molar-refractivity contribution < 1.29 is 4.79 Å². The van der Waals surface area contributed by atoms with Gasteiger partial charge in [0.05, 0.1) is 0 Å². The Morgan fingerprint density at radius 3 is 2.41 bits per heavy atom. The Hall–Kier alpha value is -2.28. The fourth-order valence-corrected chi connectivity index (χ4v) is 4.52. The first-order valence-corrected chi connectivity index (χ1v) is 11.0. The largest absolute Gasteiger partial charge is 0.368 e. The fraction of sp³-hybridized carbons (Fsp3) is 0.238. The van der Waals surface area contributed by atoms with Gasteiger partial charge in [0, 0.05) is 53.8 Å². The summed E-state index contributed by atoms with van der Waals surface area (Å²) in [7, 11) is 0. The third kappa shape index (κ3) is 5.01. The van der Waals surface area contributed by atoms with Gasteiger partial charge in [0.25, 0.3) is 5.91 Å². The Labute approximate surface area is 183 Å². The third-order valence-electron chi connectivity index (χ3n) is 4.79. The van der Waals surface area contributed by atoms with Gasteiger partial charge in [0.2, 0.25) is 0 Å². The van der Waals surface area contributed by atoms with Crippen molar-refractivity contribution in [3.8, 4) is 0 Å². The molecule has 1 N–H and O–H groups in total. The zero-order valence-corrected chi connectivity index (χ0v) is 18.0. The number of amides is 1. The minimum atomic E-state index is -0.176. The maximum atomic E-state index is 12.4. The normalized spacial score (nSPS) is 14.1. The van der Waals surface area contributed by atoms with Crippen LogP contribution in [0.25, 0.3) is 0 Å². The van der Waals surface area contributed by atoms with Crippen LogP contribution in [0.1, 0.15) is 16.1 Å². The van der Waals surface area contributed by atoms with Crippen LogP contribution in [0.2, 0.25) is 10.0 Å².